The molecule has 1 saturated heterocycles. The molecule has 1 aliphatic heterocycles. The molecule has 0 aliphatic carbocycles. The summed E-state index contributed by atoms with van der Waals surface area (Å²) < 4.78 is 0. The summed E-state index contributed by atoms with van der Waals surface area (Å²) in [7, 11) is 0. The predicted molar refractivity (Wildman–Crippen MR) is 68.9 cm³/mol. The minimum atomic E-state index is 0.245. The van der Waals surface area contributed by atoms with Crippen LogP contribution in [-0.2, 0) is 6.42 Å². The van der Waals surface area contributed by atoms with Crippen molar-refractivity contribution in [3.05, 3.63) is 16.6 Å². The van der Waals surface area contributed by atoms with Crippen molar-refractivity contribution in [1.29, 1.82) is 0 Å². The van der Waals surface area contributed by atoms with Gasteiger partial charge in [-0.1, -0.05) is 0 Å². The van der Waals surface area contributed by atoms with Crippen LogP contribution in [0.2, 0.25) is 0 Å². The average Bonchev–Trinajstić information content (AvgIpc) is 2.72. The van der Waals surface area contributed by atoms with Crippen LogP contribution in [0.1, 0.15) is 25.8 Å². The van der Waals surface area contributed by atoms with Crippen LogP contribution in [0, 0.1) is 0 Å². The molecule has 1 unspecified atom stereocenters. The van der Waals surface area contributed by atoms with Gasteiger partial charge in [-0.2, -0.15) is 0 Å². The zero-order chi connectivity index (χ0) is 11.6. The van der Waals surface area contributed by atoms with Gasteiger partial charge in [-0.25, -0.2) is 4.98 Å². The molecule has 16 heavy (non-hydrogen) atoms. The van der Waals surface area contributed by atoms with Crippen molar-refractivity contribution >= 4 is 11.3 Å². The molecule has 0 saturated carbocycles. The standard InChI is InChI=1S/C12H21N3S/c1-10-8-14-12(2,3)9-15(10)6-4-11-13-5-7-16-11/h5,7,10,14H,4,6,8-9H2,1-3H3. The number of piperazine rings is 1. The predicted octanol–water partition coefficient (Wildman–Crippen LogP) is 1.76. The molecule has 0 aromatic carbocycles. The SMILES string of the molecule is CC1CNC(C)(C)CN1CCc1nccs1. The van der Waals surface area contributed by atoms with Crippen LogP contribution in [0.15, 0.2) is 11.6 Å². The van der Waals surface area contributed by atoms with E-state index in [-0.39, 0.29) is 5.54 Å². The van der Waals surface area contributed by atoms with Crippen LogP contribution in [0.5, 0.6) is 0 Å². The van der Waals surface area contributed by atoms with Crippen LogP contribution in [-0.4, -0.2) is 41.1 Å². The molecule has 1 aromatic heterocycles. The van der Waals surface area contributed by atoms with Crippen LogP contribution < -0.4 is 5.32 Å². The molecule has 0 bridgehead atoms. The lowest BCUT2D eigenvalue weighted by atomic mass is 9.99. The summed E-state index contributed by atoms with van der Waals surface area (Å²) in [5, 5.41) is 6.89. The van der Waals surface area contributed by atoms with Crippen LogP contribution in [0.3, 0.4) is 0 Å². The molecule has 90 valence electrons. The van der Waals surface area contributed by atoms with Gasteiger partial charge in [0.2, 0.25) is 0 Å². The van der Waals surface area contributed by atoms with Gasteiger partial charge in [-0.15, -0.1) is 11.3 Å². The van der Waals surface area contributed by atoms with Gasteiger partial charge in [0.05, 0.1) is 5.01 Å². The van der Waals surface area contributed by atoms with E-state index in [9.17, 15) is 0 Å². The molecule has 0 radical (unpaired) electrons. The molecule has 4 heteroatoms. The maximum atomic E-state index is 4.34. The second-order valence-corrected chi connectivity index (χ2v) is 6.24. The molecular weight excluding hydrogens is 218 g/mol. The smallest absolute Gasteiger partial charge is 0.0937 e. The van der Waals surface area contributed by atoms with Crippen molar-refractivity contribution in [2.24, 2.45) is 0 Å². The number of rotatable bonds is 3. The third-order valence-electron chi connectivity index (χ3n) is 3.19. The molecule has 1 N–H and O–H groups in total. The maximum Gasteiger partial charge on any atom is 0.0937 e. The number of thiazole rings is 1. The minimum absolute atomic E-state index is 0.245. The number of nitrogens with zero attached hydrogens (tertiary/aromatic N) is 2. The van der Waals surface area contributed by atoms with Crippen molar-refractivity contribution < 1.29 is 0 Å². The Morgan fingerprint density at radius 3 is 3.12 bits per heavy atom. The molecule has 0 spiro atoms. The normalized spacial score (nSPS) is 25.8. The van der Waals surface area contributed by atoms with E-state index < -0.39 is 0 Å². The Labute approximate surface area is 102 Å². The van der Waals surface area contributed by atoms with Gasteiger partial charge in [0.1, 0.15) is 0 Å². The van der Waals surface area contributed by atoms with Crippen LogP contribution >= 0.6 is 11.3 Å². The summed E-state index contributed by atoms with van der Waals surface area (Å²) in [6.45, 7) is 10.2. The highest BCUT2D eigenvalue weighted by Crippen LogP contribution is 2.16. The van der Waals surface area contributed by atoms with Gasteiger partial charge in [-0.05, 0) is 20.8 Å². The van der Waals surface area contributed by atoms with Crippen molar-refractivity contribution in [3.63, 3.8) is 0 Å². The van der Waals surface area contributed by atoms with Gasteiger partial charge in [0.25, 0.3) is 0 Å². The fourth-order valence-corrected chi connectivity index (χ4v) is 2.80. The van der Waals surface area contributed by atoms with E-state index in [0.717, 1.165) is 26.1 Å². The van der Waals surface area contributed by atoms with Crippen molar-refractivity contribution in [2.45, 2.75) is 38.8 Å². The summed E-state index contributed by atoms with van der Waals surface area (Å²) in [6, 6.07) is 0.632. The van der Waals surface area contributed by atoms with Gasteiger partial charge < -0.3 is 5.32 Å². The Kier molecular flexibility index (Phi) is 3.62. The lowest BCUT2D eigenvalue weighted by Crippen LogP contribution is -2.60. The maximum absolute atomic E-state index is 4.34. The van der Waals surface area contributed by atoms with Crippen molar-refractivity contribution in [2.75, 3.05) is 19.6 Å². The molecule has 3 nitrogen and oxygen atoms in total. The van der Waals surface area contributed by atoms with Gasteiger partial charge in [-0.3, -0.25) is 4.90 Å². The van der Waals surface area contributed by atoms with Gasteiger partial charge in [0.15, 0.2) is 0 Å². The summed E-state index contributed by atoms with van der Waals surface area (Å²) in [4.78, 5) is 6.91. The fourth-order valence-electron chi connectivity index (χ4n) is 2.19. The molecule has 2 rings (SSSR count). The second-order valence-electron chi connectivity index (χ2n) is 5.26. The van der Waals surface area contributed by atoms with Crippen LogP contribution in [0.25, 0.3) is 0 Å². The Bertz CT molecular complexity index is 321. The minimum Gasteiger partial charge on any atom is -0.309 e. The van der Waals surface area contributed by atoms with Crippen LogP contribution in [0.4, 0.5) is 0 Å². The highest BCUT2D eigenvalue weighted by atomic mass is 32.1. The number of hydrogen-bond acceptors (Lipinski definition) is 4. The molecule has 1 fully saturated rings. The highest BCUT2D eigenvalue weighted by Gasteiger charge is 2.29. The first-order chi connectivity index (χ1) is 7.57. The summed E-state index contributed by atoms with van der Waals surface area (Å²) >= 11 is 1.76. The van der Waals surface area contributed by atoms with Crippen molar-refractivity contribution in [1.82, 2.24) is 15.2 Å². The summed E-state index contributed by atoms with van der Waals surface area (Å²) in [5.41, 5.74) is 0.245. The van der Waals surface area contributed by atoms with Gasteiger partial charge >= 0.3 is 0 Å². The lowest BCUT2D eigenvalue weighted by Gasteiger charge is -2.43. The fraction of sp³-hybridized carbons (Fsp3) is 0.750. The van der Waals surface area contributed by atoms with E-state index in [2.05, 4.69) is 41.4 Å². The Hall–Kier alpha value is -0.450. The molecule has 1 atom stereocenters. The topological polar surface area (TPSA) is 28.2 Å². The first-order valence-corrected chi connectivity index (χ1v) is 6.82. The van der Waals surface area contributed by atoms with E-state index in [4.69, 9.17) is 0 Å². The third-order valence-corrected chi connectivity index (χ3v) is 4.03. The summed E-state index contributed by atoms with van der Waals surface area (Å²) in [5.74, 6) is 0. The average molecular weight is 239 g/mol. The monoisotopic (exact) mass is 239 g/mol. The highest BCUT2D eigenvalue weighted by molar-refractivity contribution is 7.09. The largest absolute Gasteiger partial charge is 0.309 e. The van der Waals surface area contributed by atoms with E-state index in [1.165, 1.54) is 5.01 Å². The van der Waals surface area contributed by atoms with Crippen molar-refractivity contribution in [3.8, 4) is 0 Å². The van der Waals surface area contributed by atoms with E-state index in [1.807, 2.05) is 6.20 Å². The molecule has 1 aliphatic rings. The zero-order valence-electron chi connectivity index (χ0n) is 10.4. The Morgan fingerprint density at radius 1 is 1.62 bits per heavy atom. The molecule has 2 heterocycles. The Morgan fingerprint density at radius 2 is 2.44 bits per heavy atom. The molecule has 1 aromatic rings. The molecular formula is C12H21N3S. The first-order valence-electron chi connectivity index (χ1n) is 5.94. The number of hydrogen-bond donors (Lipinski definition) is 1. The van der Waals surface area contributed by atoms with Gasteiger partial charge in [0, 0.05) is 49.2 Å². The summed E-state index contributed by atoms with van der Waals surface area (Å²) in [6.07, 6.45) is 2.98. The lowest BCUT2D eigenvalue weighted by molar-refractivity contribution is 0.106. The third kappa shape index (κ3) is 3.03. The quantitative estimate of drug-likeness (QED) is 0.871. The number of nitrogens with one attached hydrogen (secondary N) is 1. The van der Waals surface area contributed by atoms with E-state index in [1.54, 1.807) is 11.3 Å². The van der Waals surface area contributed by atoms with E-state index in [0.29, 0.717) is 6.04 Å². The molecule has 0 amide bonds. The number of aromatic nitrogens is 1. The Balaban J connectivity index is 1.88. The second kappa shape index (κ2) is 4.82. The van der Waals surface area contributed by atoms with E-state index >= 15 is 0 Å². The first kappa shape index (κ1) is 12.0. The zero-order valence-corrected chi connectivity index (χ0v) is 11.2.